The predicted octanol–water partition coefficient (Wildman–Crippen LogP) is 3.94. The molecule has 0 aromatic heterocycles. The number of ether oxygens (including phenoxy) is 1. The Kier molecular flexibility index (Phi) is 6.32. The molecule has 0 spiro atoms. The summed E-state index contributed by atoms with van der Waals surface area (Å²) in [6.45, 7) is 1.50. The number of benzene rings is 3. The summed E-state index contributed by atoms with van der Waals surface area (Å²) in [7, 11) is -2.32. The third-order valence-electron chi connectivity index (χ3n) is 4.58. The molecule has 6 nitrogen and oxygen atoms in total. The molecule has 0 amide bonds. The van der Waals surface area contributed by atoms with Gasteiger partial charge >= 0.3 is 5.97 Å². The Morgan fingerprint density at radius 2 is 1.33 bits per heavy atom. The standard InChI is InChI=1S/C23H21NO5S/c1-17(22(25)18-9-5-3-6-10-18)29-23(26)19-13-15-21(16-14-19)30(27,28)24(2)20-11-7-4-8-12-20/h3-17H,1-2H3. The molecular weight excluding hydrogens is 402 g/mol. The summed E-state index contributed by atoms with van der Waals surface area (Å²) >= 11 is 0. The Morgan fingerprint density at radius 1 is 0.800 bits per heavy atom. The van der Waals surface area contributed by atoms with Crippen LogP contribution in [-0.2, 0) is 14.8 Å². The molecule has 3 aromatic carbocycles. The molecule has 0 saturated heterocycles. The van der Waals surface area contributed by atoms with Gasteiger partial charge in [-0.1, -0.05) is 48.5 Å². The summed E-state index contributed by atoms with van der Waals surface area (Å²) in [4.78, 5) is 24.8. The van der Waals surface area contributed by atoms with Gasteiger partial charge in [-0.15, -0.1) is 0 Å². The minimum absolute atomic E-state index is 0.0406. The number of ketones is 1. The van der Waals surface area contributed by atoms with Crippen molar-refractivity contribution in [3.63, 3.8) is 0 Å². The van der Waals surface area contributed by atoms with E-state index in [1.807, 2.05) is 0 Å². The lowest BCUT2D eigenvalue weighted by atomic mass is 10.1. The van der Waals surface area contributed by atoms with Gasteiger partial charge in [0.1, 0.15) is 0 Å². The van der Waals surface area contributed by atoms with Crippen molar-refractivity contribution >= 4 is 27.5 Å². The first-order valence-corrected chi connectivity index (χ1v) is 10.7. The number of rotatable bonds is 7. The third-order valence-corrected chi connectivity index (χ3v) is 6.38. The summed E-state index contributed by atoms with van der Waals surface area (Å²) in [5, 5.41) is 0. The van der Waals surface area contributed by atoms with Crippen LogP contribution >= 0.6 is 0 Å². The van der Waals surface area contributed by atoms with Gasteiger partial charge in [0.05, 0.1) is 16.1 Å². The number of Topliss-reactive ketones (excluding diaryl/α,β-unsaturated/α-hetero) is 1. The Hall–Kier alpha value is -3.45. The molecule has 0 aliphatic carbocycles. The largest absolute Gasteiger partial charge is 0.451 e. The van der Waals surface area contributed by atoms with E-state index in [1.54, 1.807) is 60.7 Å². The highest BCUT2D eigenvalue weighted by atomic mass is 32.2. The first kappa shape index (κ1) is 21.3. The van der Waals surface area contributed by atoms with E-state index in [4.69, 9.17) is 4.74 Å². The van der Waals surface area contributed by atoms with Gasteiger partial charge in [-0.2, -0.15) is 0 Å². The van der Waals surface area contributed by atoms with Crippen LogP contribution in [0.3, 0.4) is 0 Å². The SMILES string of the molecule is CC(OC(=O)c1ccc(S(=O)(=O)N(C)c2ccccc2)cc1)C(=O)c1ccccc1. The van der Waals surface area contributed by atoms with E-state index in [9.17, 15) is 18.0 Å². The van der Waals surface area contributed by atoms with Gasteiger partial charge in [-0.3, -0.25) is 9.10 Å². The number of carbonyl (C=O) groups is 2. The number of anilines is 1. The summed E-state index contributed by atoms with van der Waals surface area (Å²) in [5.41, 5.74) is 1.13. The lowest BCUT2D eigenvalue weighted by Gasteiger charge is -2.19. The zero-order chi connectivity index (χ0) is 21.7. The fourth-order valence-electron chi connectivity index (χ4n) is 2.82. The third kappa shape index (κ3) is 4.58. The van der Waals surface area contributed by atoms with Gasteiger partial charge in [-0.05, 0) is 43.3 Å². The topological polar surface area (TPSA) is 80.8 Å². The summed E-state index contributed by atoms with van der Waals surface area (Å²) in [6, 6.07) is 22.6. The van der Waals surface area contributed by atoms with E-state index in [0.717, 1.165) is 0 Å². The van der Waals surface area contributed by atoms with Crippen LogP contribution in [0, 0.1) is 0 Å². The van der Waals surface area contributed by atoms with Crippen LogP contribution in [0.4, 0.5) is 5.69 Å². The number of hydrogen-bond donors (Lipinski definition) is 0. The molecule has 0 saturated carbocycles. The normalized spacial score (nSPS) is 12.1. The second kappa shape index (κ2) is 8.92. The molecule has 0 aliphatic heterocycles. The predicted molar refractivity (Wildman–Crippen MR) is 114 cm³/mol. The first-order valence-electron chi connectivity index (χ1n) is 9.25. The average molecular weight is 423 g/mol. The zero-order valence-corrected chi connectivity index (χ0v) is 17.4. The quantitative estimate of drug-likeness (QED) is 0.425. The van der Waals surface area contributed by atoms with Crippen LogP contribution in [-0.4, -0.2) is 33.3 Å². The average Bonchev–Trinajstić information content (AvgIpc) is 2.79. The maximum absolute atomic E-state index is 12.8. The molecule has 7 heteroatoms. The van der Waals surface area contributed by atoms with Gasteiger partial charge in [0.2, 0.25) is 5.78 Å². The highest BCUT2D eigenvalue weighted by molar-refractivity contribution is 7.92. The summed E-state index contributed by atoms with van der Waals surface area (Å²) < 4.78 is 32.0. The van der Waals surface area contributed by atoms with E-state index in [0.29, 0.717) is 11.3 Å². The van der Waals surface area contributed by atoms with Crippen molar-refractivity contribution in [2.45, 2.75) is 17.9 Å². The van der Waals surface area contributed by atoms with Crippen LogP contribution in [0.2, 0.25) is 0 Å². The lowest BCUT2D eigenvalue weighted by molar-refractivity contribution is 0.0318. The van der Waals surface area contributed by atoms with Crippen molar-refractivity contribution in [2.75, 3.05) is 11.4 Å². The second-order valence-corrected chi connectivity index (χ2v) is 8.58. The maximum Gasteiger partial charge on any atom is 0.338 e. The van der Waals surface area contributed by atoms with Crippen LogP contribution in [0.15, 0.2) is 89.8 Å². The number of para-hydroxylation sites is 1. The molecule has 0 heterocycles. The van der Waals surface area contributed by atoms with Gasteiger partial charge in [0.15, 0.2) is 6.10 Å². The van der Waals surface area contributed by atoms with Gasteiger partial charge in [-0.25, -0.2) is 13.2 Å². The molecule has 0 radical (unpaired) electrons. The fraction of sp³-hybridized carbons (Fsp3) is 0.130. The Labute approximate surface area is 175 Å². The summed E-state index contributed by atoms with van der Waals surface area (Å²) in [6.07, 6.45) is -0.965. The van der Waals surface area contributed by atoms with Crippen molar-refractivity contribution in [1.82, 2.24) is 0 Å². The van der Waals surface area contributed by atoms with Crippen LogP contribution < -0.4 is 4.31 Å². The van der Waals surface area contributed by atoms with E-state index in [2.05, 4.69) is 0 Å². The number of hydrogen-bond acceptors (Lipinski definition) is 5. The van der Waals surface area contributed by atoms with Crippen LogP contribution in [0.5, 0.6) is 0 Å². The Balaban J connectivity index is 1.72. The van der Waals surface area contributed by atoms with E-state index >= 15 is 0 Å². The molecular formula is C23H21NO5S. The smallest absolute Gasteiger partial charge is 0.338 e. The molecule has 30 heavy (non-hydrogen) atoms. The van der Waals surface area contributed by atoms with Crippen LogP contribution in [0.25, 0.3) is 0 Å². The van der Waals surface area contributed by atoms with E-state index in [1.165, 1.54) is 42.5 Å². The first-order chi connectivity index (χ1) is 14.3. The molecule has 3 rings (SSSR count). The zero-order valence-electron chi connectivity index (χ0n) is 16.6. The number of carbonyl (C=O) groups excluding carboxylic acids is 2. The van der Waals surface area contributed by atoms with Crippen molar-refractivity contribution < 1.29 is 22.7 Å². The van der Waals surface area contributed by atoms with Gasteiger partial charge in [0.25, 0.3) is 10.0 Å². The molecule has 154 valence electrons. The van der Waals surface area contributed by atoms with E-state index < -0.39 is 22.1 Å². The van der Waals surface area contributed by atoms with Crippen molar-refractivity contribution in [3.05, 3.63) is 96.1 Å². The van der Waals surface area contributed by atoms with Crippen LogP contribution in [0.1, 0.15) is 27.6 Å². The molecule has 1 unspecified atom stereocenters. The molecule has 1 atom stereocenters. The highest BCUT2D eigenvalue weighted by Gasteiger charge is 2.23. The monoisotopic (exact) mass is 423 g/mol. The number of sulfonamides is 1. The lowest BCUT2D eigenvalue weighted by Crippen LogP contribution is -2.26. The second-order valence-electron chi connectivity index (χ2n) is 6.61. The summed E-state index contributed by atoms with van der Waals surface area (Å²) in [5.74, 6) is -1.01. The Morgan fingerprint density at radius 3 is 1.90 bits per heavy atom. The fourth-order valence-corrected chi connectivity index (χ4v) is 4.01. The van der Waals surface area contributed by atoms with Crippen molar-refractivity contribution in [3.8, 4) is 0 Å². The molecule has 0 N–H and O–H groups in total. The molecule has 0 fully saturated rings. The minimum Gasteiger partial charge on any atom is -0.451 e. The molecule has 3 aromatic rings. The highest BCUT2D eigenvalue weighted by Crippen LogP contribution is 2.22. The Bertz CT molecular complexity index is 1130. The van der Waals surface area contributed by atoms with Gasteiger partial charge in [0, 0.05) is 12.6 Å². The number of esters is 1. The van der Waals surface area contributed by atoms with E-state index in [-0.39, 0.29) is 16.2 Å². The minimum atomic E-state index is -3.78. The van der Waals surface area contributed by atoms with Crippen molar-refractivity contribution in [2.24, 2.45) is 0 Å². The maximum atomic E-state index is 12.8. The molecule has 0 bridgehead atoms. The van der Waals surface area contributed by atoms with Crippen molar-refractivity contribution in [1.29, 1.82) is 0 Å². The molecule has 0 aliphatic rings. The number of nitrogens with zero attached hydrogens (tertiary/aromatic N) is 1. The van der Waals surface area contributed by atoms with Gasteiger partial charge < -0.3 is 4.74 Å².